The minimum atomic E-state index is -1.05. The van der Waals surface area contributed by atoms with Gasteiger partial charge < -0.3 is 20.4 Å². The maximum atomic E-state index is 10.4. The summed E-state index contributed by atoms with van der Waals surface area (Å²) < 4.78 is 0. The zero-order valence-electron chi connectivity index (χ0n) is 7.44. The second kappa shape index (κ2) is 5.90. The number of aliphatic hydroxyl groups excluding tert-OH is 3. The Bertz CT molecular complexity index is 153. The molecule has 0 spiro atoms. The standard InChI is InChI=1S/C8H16O5/c9-3-1-2-8(5-10,6-11)4-7(12)13/h9-11H,1-6H2,(H,12,13). The molecule has 0 fully saturated rings. The number of aliphatic hydroxyl groups is 3. The Morgan fingerprint density at radius 2 is 1.69 bits per heavy atom. The monoisotopic (exact) mass is 192 g/mol. The average molecular weight is 192 g/mol. The molecule has 13 heavy (non-hydrogen) atoms. The van der Waals surface area contributed by atoms with Crippen molar-refractivity contribution >= 4 is 5.97 Å². The SMILES string of the molecule is O=C(O)CC(CO)(CO)CCCO. The van der Waals surface area contributed by atoms with Crippen molar-refractivity contribution < 1.29 is 25.2 Å². The van der Waals surface area contributed by atoms with Gasteiger partial charge in [-0.2, -0.15) is 0 Å². The van der Waals surface area contributed by atoms with E-state index in [1.54, 1.807) is 0 Å². The van der Waals surface area contributed by atoms with Crippen molar-refractivity contribution in [1.29, 1.82) is 0 Å². The first kappa shape index (κ1) is 12.3. The van der Waals surface area contributed by atoms with E-state index in [2.05, 4.69) is 0 Å². The van der Waals surface area contributed by atoms with Gasteiger partial charge in [-0.3, -0.25) is 4.79 Å². The third kappa shape index (κ3) is 4.21. The molecule has 5 heteroatoms. The van der Waals surface area contributed by atoms with E-state index in [4.69, 9.17) is 20.4 Å². The molecule has 0 atom stereocenters. The fourth-order valence-electron chi connectivity index (χ4n) is 1.18. The normalized spacial score (nSPS) is 11.6. The fraction of sp³-hybridized carbons (Fsp3) is 0.875. The Hall–Kier alpha value is -0.650. The zero-order valence-corrected chi connectivity index (χ0v) is 7.44. The van der Waals surface area contributed by atoms with Gasteiger partial charge in [0.1, 0.15) is 0 Å². The molecule has 0 saturated carbocycles. The summed E-state index contributed by atoms with van der Waals surface area (Å²) in [4.78, 5) is 10.4. The third-order valence-electron chi connectivity index (χ3n) is 2.06. The lowest BCUT2D eigenvalue weighted by atomic mass is 9.82. The molecule has 0 heterocycles. The predicted octanol–water partition coefficient (Wildman–Crippen LogP) is -0.795. The zero-order chi connectivity index (χ0) is 10.3. The molecule has 0 rings (SSSR count). The van der Waals surface area contributed by atoms with E-state index >= 15 is 0 Å². The summed E-state index contributed by atoms with van der Waals surface area (Å²) in [7, 11) is 0. The van der Waals surface area contributed by atoms with Crippen molar-refractivity contribution in [2.24, 2.45) is 5.41 Å². The molecule has 4 N–H and O–H groups in total. The molecular formula is C8H16O5. The molecule has 78 valence electrons. The fourth-order valence-corrected chi connectivity index (χ4v) is 1.18. The number of carboxylic acids is 1. The summed E-state index contributed by atoms with van der Waals surface area (Å²) in [6.45, 7) is -0.826. The number of rotatable bonds is 7. The highest BCUT2D eigenvalue weighted by Crippen LogP contribution is 2.26. The largest absolute Gasteiger partial charge is 0.481 e. The highest BCUT2D eigenvalue weighted by atomic mass is 16.4. The van der Waals surface area contributed by atoms with Gasteiger partial charge in [-0.1, -0.05) is 0 Å². The maximum absolute atomic E-state index is 10.4. The molecule has 0 amide bonds. The third-order valence-corrected chi connectivity index (χ3v) is 2.06. The van der Waals surface area contributed by atoms with E-state index in [1.165, 1.54) is 0 Å². The van der Waals surface area contributed by atoms with Crippen LogP contribution in [0.2, 0.25) is 0 Å². The molecule has 0 aliphatic heterocycles. The van der Waals surface area contributed by atoms with Gasteiger partial charge in [0, 0.05) is 12.0 Å². The van der Waals surface area contributed by atoms with Crippen LogP contribution in [-0.2, 0) is 4.79 Å². The van der Waals surface area contributed by atoms with Crippen LogP contribution in [0, 0.1) is 5.41 Å². The van der Waals surface area contributed by atoms with E-state index in [0.717, 1.165) is 0 Å². The molecule has 0 bridgehead atoms. The van der Waals surface area contributed by atoms with Crippen LogP contribution in [0.3, 0.4) is 0 Å². The van der Waals surface area contributed by atoms with Crippen molar-refractivity contribution in [1.82, 2.24) is 0 Å². The van der Waals surface area contributed by atoms with Crippen molar-refractivity contribution in [3.63, 3.8) is 0 Å². The van der Waals surface area contributed by atoms with Crippen LogP contribution in [0.4, 0.5) is 0 Å². The smallest absolute Gasteiger partial charge is 0.304 e. The maximum Gasteiger partial charge on any atom is 0.304 e. The molecule has 0 aromatic heterocycles. The minimum Gasteiger partial charge on any atom is -0.481 e. The first-order valence-electron chi connectivity index (χ1n) is 4.14. The first-order chi connectivity index (χ1) is 6.10. The van der Waals surface area contributed by atoms with Gasteiger partial charge in [-0.05, 0) is 12.8 Å². The summed E-state index contributed by atoms with van der Waals surface area (Å²) in [5.74, 6) is -1.05. The van der Waals surface area contributed by atoms with Gasteiger partial charge in [0.2, 0.25) is 0 Å². The Morgan fingerprint density at radius 3 is 2.00 bits per heavy atom. The summed E-state index contributed by atoms with van der Waals surface area (Å²) in [6.07, 6.45) is 0.414. The minimum absolute atomic E-state index is 0.0681. The Labute approximate surface area is 76.6 Å². The highest BCUT2D eigenvalue weighted by molar-refractivity contribution is 5.67. The number of hydrogen-bond donors (Lipinski definition) is 4. The van der Waals surface area contributed by atoms with Crippen molar-refractivity contribution in [2.45, 2.75) is 19.3 Å². The highest BCUT2D eigenvalue weighted by Gasteiger charge is 2.30. The van der Waals surface area contributed by atoms with Crippen LogP contribution < -0.4 is 0 Å². The molecule has 0 radical (unpaired) electrons. The number of aliphatic carboxylic acids is 1. The molecule has 0 aromatic carbocycles. The molecular weight excluding hydrogens is 176 g/mol. The van der Waals surface area contributed by atoms with E-state index < -0.39 is 11.4 Å². The van der Waals surface area contributed by atoms with Crippen LogP contribution >= 0.6 is 0 Å². The van der Waals surface area contributed by atoms with E-state index in [-0.39, 0.29) is 26.2 Å². The van der Waals surface area contributed by atoms with E-state index in [1.807, 2.05) is 0 Å². The molecule has 0 aliphatic rings. The average Bonchev–Trinajstić information content (AvgIpc) is 2.12. The number of carboxylic acid groups (broad SMARTS) is 1. The topological polar surface area (TPSA) is 98.0 Å². The Balaban J connectivity index is 4.21. The summed E-state index contributed by atoms with van der Waals surface area (Å²) in [5, 5.41) is 35.0. The summed E-state index contributed by atoms with van der Waals surface area (Å²) in [5.41, 5.74) is -0.992. The lowest BCUT2D eigenvalue weighted by Gasteiger charge is -2.27. The van der Waals surface area contributed by atoms with Crippen molar-refractivity contribution in [2.75, 3.05) is 19.8 Å². The van der Waals surface area contributed by atoms with Gasteiger partial charge in [-0.25, -0.2) is 0 Å². The van der Waals surface area contributed by atoms with Gasteiger partial charge in [-0.15, -0.1) is 0 Å². The van der Waals surface area contributed by atoms with Gasteiger partial charge in [0.05, 0.1) is 19.6 Å². The van der Waals surface area contributed by atoms with E-state index in [0.29, 0.717) is 12.8 Å². The number of hydrogen-bond acceptors (Lipinski definition) is 4. The molecule has 0 aliphatic carbocycles. The van der Waals surface area contributed by atoms with Crippen LogP contribution in [0.5, 0.6) is 0 Å². The summed E-state index contributed by atoms with van der Waals surface area (Å²) in [6, 6.07) is 0. The van der Waals surface area contributed by atoms with Crippen molar-refractivity contribution in [3.8, 4) is 0 Å². The number of carbonyl (C=O) groups is 1. The lowest BCUT2D eigenvalue weighted by Crippen LogP contribution is -2.32. The second-order valence-electron chi connectivity index (χ2n) is 3.21. The lowest BCUT2D eigenvalue weighted by molar-refractivity contribution is -0.142. The molecule has 5 nitrogen and oxygen atoms in total. The Kier molecular flexibility index (Phi) is 5.61. The molecule has 0 saturated heterocycles. The molecule has 0 aromatic rings. The van der Waals surface area contributed by atoms with Crippen molar-refractivity contribution in [3.05, 3.63) is 0 Å². The van der Waals surface area contributed by atoms with Crippen LogP contribution in [0.25, 0.3) is 0 Å². The first-order valence-corrected chi connectivity index (χ1v) is 4.14. The van der Waals surface area contributed by atoms with Gasteiger partial charge >= 0.3 is 5.97 Å². The van der Waals surface area contributed by atoms with Gasteiger partial charge in [0.15, 0.2) is 0 Å². The van der Waals surface area contributed by atoms with Crippen LogP contribution in [0.15, 0.2) is 0 Å². The van der Waals surface area contributed by atoms with Crippen LogP contribution in [0.1, 0.15) is 19.3 Å². The summed E-state index contributed by atoms with van der Waals surface area (Å²) >= 11 is 0. The predicted molar refractivity (Wildman–Crippen MR) is 45.2 cm³/mol. The van der Waals surface area contributed by atoms with Gasteiger partial charge in [0.25, 0.3) is 0 Å². The quantitative estimate of drug-likeness (QED) is 0.423. The van der Waals surface area contributed by atoms with Crippen LogP contribution in [-0.4, -0.2) is 46.2 Å². The Morgan fingerprint density at radius 1 is 1.15 bits per heavy atom. The molecule has 0 unspecified atom stereocenters. The second-order valence-corrected chi connectivity index (χ2v) is 3.21. The van der Waals surface area contributed by atoms with E-state index in [9.17, 15) is 4.79 Å².